The lowest BCUT2D eigenvalue weighted by molar-refractivity contribution is -0.146. The molecule has 1 saturated heterocycles. The van der Waals surface area contributed by atoms with Crippen LogP contribution in [0.2, 0.25) is 18.6 Å². The summed E-state index contributed by atoms with van der Waals surface area (Å²) < 4.78 is 12.4. The number of hydrogen-bond acceptors (Lipinski definition) is 5. The molecule has 4 aromatic rings. The van der Waals surface area contributed by atoms with E-state index in [1.165, 1.54) is 5.19 Å². The lowest BCUT2D eigenvalue weighted by Gasteiger charge is -2.37. The molecule has 7 nitrogen and oxygen atoms in total. The van der Waals surface area contributed by atoms with Gasteiger partial charge in [-0.2, -0.15) is 0 Å². The van der Waals surface area contributed by atoms with Crippen molar-refractivity contribution < 1.29 is 24.2 Å². The summed E-state index contributed by atoms with van der Waals surface area (Å²) in [5.74, 6) is 0.593. The number of para-hydroxylation sites is 2. The van der Waals surface area contributed by atoms with Crippen LogP contribution in [0, 0.1) is 5.92 Å². The SMILES string of the molecule is COc1ccc([Si](C)(C)[C@@H]2[C@@H](CCO)O[C@]3(C(=O)N(Cc4cccc(N(C=O)c5ccccc5)c4)c4ccccc43)[C@H]2C)cc1. The Morgan fingerprint density at radius 3 is 2.33 bits per heavy atom. The zero-order valence-corrected chi connectivity index (χ0v) is 27.2. The Hall–Kier alpha value is -4.24. The highest BCUT2D eigenvalue weighted by molar-refractivity contribution is 6.91. The molecule has 2 aliphatic rings. The van der Waals surface area contributed by atoms with E-state index in [9.17, 15) is 14.7 Å². The number of carbonyl (C=O) groups excluding carboxylic acids is 2. The molecule has 0 aliphatic carbocycles. The number of hydrogen-bond donors (Lipinski definition) is 1. The zero-order chi connectivity index (χ0) is 31.8. The second-order valence-electron chi connectivity index (χ2n) is 12.6. The summed E-state index contributed by atoms with van der Waals surface area (Å²) in [6, 6.07) is 33.4. The van der Waals surface area contributed by atoms with Gasteiger partial charge in [0.15, 0.2) is 5.60 Å². The fourth-order valence-electron chi connectivity index (χ4n) is 7.67. The largest absolute Gasteiger partial charge is 0.497 e. The third kappa shape index (κ3) is 5.16. The van der Waals surface area contributed by atoms with Gasteiger partial charge in [-0.05, 0) is 60.0 Å². The molecule has 4 atom stereocenters. The summed E-state index contributed by atoms with van der Waals surface area (Å²) in [4.78, 5) is 30.4. The monoisotopic (exact) mass is 620 g/mol. The maximum Gasteiger partial charge on any atom is 0.264 e. The fourth-order valence-corrected chi connectivity index (χ4v) is 11.7. The van der Waals surface area contributed by atoms with E-state index in [2.05, 4.69) is 32.2 Å². The Morgan fingerprint density at radius 2 is 1.64 bits per heavy atom. The van der Waals surface area contributed by atoms with Gasteiger partial charge in [-0.1, -0.05) is 85.9 Å². The molecule has 1 spiro atoms. The average molecular weight is 621 g/mol. The van der Waals surface area contributed by atoms with Gasteiger partial charge in [0.25, 0.3) is 5.91 Å². The number of aliphatic hydroxyl groups excluding tert-OH is 1. The molecule has 45 heavy (non-hydrogen) atoms. The topological polar surface area (TPSA) is 79.3 Å². The van der Waals surface area contributed by atoms with Crippen molar-refractivity contribution in [1.82, 2.24) is 0 Å². The van der Waals surface area contributed by atoms with Crippen molar-refractivity contribution in [3.05, 3.63) is 114 Å². The van der Waals surface area contributed by atoms with Crippen molar-refractivity contribution in [2.75, 3.05) is 23.5 Å². The first-order valence-electron chi connectivity index (χ1n) is 15.5. The van der Waals surface area contributed by atoms with Crippen molar-refractivity contribution in [2.24, 2.45) is 5.92 Å². The molecular formula is C37H40N2O5Si. The first-order chi connectivity index (χ1) is 21.8. The highest BCUT2D eigenvalue weighted by atomic mass is 28.3. The number of aliphatic hydroxyl groups is 1. The van der Waals surface area contributed by atoms with Gasteiger partial charge in [-0.25, -0.2) is 0 Å². The molecule has 1 fully saturated rings. The molecular weight excluding hydrogens is 581 g/mol. The summed E-state index contributed by atoms with van der Waals surface area (Å²) in [6.07, 6.45) is 0.993. The van der Waals surface area contributed by atoms with Crippen molar-refractivity contribution in [3.8, 4) is 5.75 Å². The molecule has 8 heteroatoms. The predicted molar refractivity (Wildman–Crippen MR) is 180 cm³/mol. The Bertz CT molecular complexity index is 1680. The van der Waals surface area contributed by atoms with Crippen molar-refractivity contribution in [2.45, 2.75) is 50.2 Å². The van der Waals surface area contributed by atoms with E-state index in [4.69, 9.17) is 9.47 Å². The van der Waals surface area contributed by atoms with E-state index in [0.29, 0.717) is 13.0 Å². The molecule has 4 aromatic carbocycles. The van der Waals surface area contributed by atoms with Gasteiger partial charge in [0, 0.05) is 29.5 Å². The maximum atomic E-state index is 14.8. The highest BCUT2D eigenvalue weighted by Crippen LogP contribution is 2.60. The van der Waals surface area contributed by atoms with Crippen molar-refractivity contribution in [1.29, 1.82) is 0 Å². The average Bonchev–Trinajstić information content (AvgIpc) is 3.49. The Morgan fingerprint density at radius 1 is 0.956 bits per heavy atom. The molecule has 0 radical (unpaired) electrons. The van der Waals surface area contributed by atoms with Crippen molar-refractivity contribution in [3.63, 3.8) is 0 Å². The van der Waals surface area contributed by atoms with E-state index in [0.717, 1.165) is 40.3 Å². The van der Waals surface area contributed by atoms with Crippen LogP contribution < -0.4 is 19.7 Å². The summed E-state index contributed by atoms with van der Waals surface area (Å²) >= 11 is 0. The highest BCUT2D eigenvalue weighted by Gasteiger charge is 2.66. The van der Waals surface area contributed by atoms with Crippen LogP contribution in [0.1, 0.15) is 24.5 Å². The smallest absolute Gasteiger partial charge is 0.264 e. The summed E-state index contributed by atoms with van der Waals surface area (Å²) in [7, 11) is -0.579. The van der Waals surface area contributed by atoms with Gasteiger partial charge in [-0.15, -0.1) is 0 Å². The van der Waals surface area contributed by atoms with Crippen LogP contribution in [-0.2, 0) is 26.5 Å². The fraction of sp³-hybridized carbons (Fsp3) is 0.297. The molecule has 0 saturated carbocycles. The molecule has 0 bridgehead atoms. The Balaban J connectivity index is 1.37. The number of fused-ring (bicyclic) bond motifs is 2. The zero-order valence-electron chi connectivity index (χ0n) is 26.2. The van der Waals surface area contributed by atoms with Gasteiger partial charge in [0.1, 0.15) is 5.75 Å². The number of rotatable bonds is 10. The number of anilines is 3. The number of amides is 2. The lowest BCUT2D eigenvalue weighted by atomic mass is 9.82. The molecule has 232 valence electrons. The van der Waals surface area contributed by atoms with E-state index in [1.54, 1.807) is 12.0 Å². The standard InChI is InChI=1S/C37H40N2O5Si/c1-26-35(45(3,4)31-19-17-30(43-2)18-20-31)34(21-22-40)44-37(26)32-15-8-9-16-33(32)38(36(37)42)24-27-11-10-14-29(23-27)39(25-41)28-12-6-5-7-13-28/h5-20,23,25-26,34-35,40H,21-22,24H2,1-4H3/t26-,34+,35-,37+/m0/s1. The van der Waals surface area contributed by atoms with Crippen molar-refractivity contribution >= 4 is 42.6 Å². The van der Waals surface area contributed by atoms with E-state index < -0.39 is 13.7 Å². The summed E-state index contributed by atoms with van der Waals surface area (Å²) in [5, 5.41) is 11.4. The predicted octanol–water partition coefficient (Wildman–Crippen LogP) is 6.13. The number of nitrogens with zero attached hydrogens (tertiary/aromatic N) is 2. The van der Waals surface area contributed by atoms with Gasteiger partial charge >= 0.3 is 0 Å². The maximum absolute atomic E-state index is 14.8. The third-order valence-electron chi connectivity index (χ3n) is 9.83. The first kappa shape index (κ1) is 30.8. The van der Waals surface area contributed by atoms with Gasteiger partial charge < -0.3 is 19.5 Å². The van der Waals surface area contributed by atoms with Crippen LogP contribution in [0.15, 0.2) is 103 Å². The van der Waals surface area contributed by atoms with Crippen LogP contribution in [-0.4, -0.2) is 45.3 Å². The summed E-state index contributed by atoms with van der Waals surface area (Å²) in [5.41, 5.74) is 3.02. The molecule has 0 aromatic heterocycles. The minimum atomic E-state index is -2.24. The minimum Gasteiger partial charge on any atom is -0.497 e. The second kappa shape index (κ2) is 12.3. The number of carbonyl (C=O) groups is 2. The van der Waals surface area contributed by atoms with E-state index in [-0.39, 0.29) is 30.1 Å². The molecule has 0 unspecified atom stereocenters. The van der Waals surface area contributed by atoms with Crippen LogP contribution in [0.3, 0.4) is 0 Å². The van der Waals surface area contributed by atoms with Crippen LogP contribution in [0.25, 0.3) is 0 Å². The third-order valence-corrected chi connectivity index (χ3v) is 14.2. The van der Waals surface area contributed by atoms with Gasteiger partial charge in [-0.3, -0.25) is 14.5 Å². The van der Waals surface area contributed by atoms with Crippen LogP contribution >= 0.6 is 0 Å². The molecule has 2 aliphatic heterocycles. The molecule has 6 rings (SSSR count). The number of ether oxygens (including phenoxy) is 2. The molecule has 2 amide bonds. The quantitative estimate of drug-likeness (QED) is 0.170. The van der Waals surface area contributed by atoms with E-state index in [1.807, 2.05) is 95.9 Å². The van der Waals surface area contributed by atoms with Gasteiger partial charge in [0.2, 0.25) is 6.41 Å². The number of methoxy groups -OCH3 is 1. The second-order valence-corrected chi connectivity index (χ2v) is 17.2. The lowest BCUT2D eigenvalue weighted by Crippen LogP contribution is -2.51. The summed E-state index contributed by atoms with van der Waals surface area (Å²) in [6.45, 7) is 7.14. The van der Waals surface area contributed by atoms with Crippen LogP contribution in [0.5, 0.6) is 5.75 Å². The normalized spacial score (nSPS) is 22.5. The van der Waals surface area contributed by atoms with Crippen LogP contribution in [0.4, 0.5) is 17.1 Å². The van der Waals surface area contributed by atoms with E-state index >= 15 is 0 Å². The van der Waals surface area contributed by atoms with Gasteiger partial charge in [0.05, 0.1) is 33.5 Å². The Labute approximate surface area is 266 Å². The Kier molecular flexibility index (Phi) is 8.39. The number of benzene rings is 4. The first-order valence-corrected chi connectivity index (χ1v) is 18.6. The molecule has 2 heterocycles. The minimum absolute atomic E-state index is 0.0158. The molecule has 1 N–H and O–H groups in total.